The highest BCUT2D eigenvalue weighted by Gasteiger charge is 2.10. The van der Waals surface area contributed by atoms with Crippen molar-refractivity contribution in [1.29, 1.82) is 0 Å². The lowest BCUT2D eigenvalue weighted by Crippen LogP contribution is -2.13. The van der Waals surface area contributed by atoms with Crippen molar-refractivity contribution in [2.24, 2.45) is 0 Å². The molecule has 1 aromatic carbocycles. The number of anilines is 1. The number of nitrogens with zero attached hydrogens (tertiary/aromatic N) is 2. The van der Waals surface area contributed by atoms with Gasteiger partial charge in [-0.05, 0) is 12.1 Å². The summed E-state index contributed by atoms with van der Waals surface area (Å²) in [6.07, 6.45) is 0.697. The number of benzene rings is 1. The molecule has 0 fully saturated rings. The zero-order valence-corrected chi connectivity index (χ0v) is 13.5. The maximum Gasteiger partial charge on any atom is 0.306 e. The molecule has 0 saturated carbocycles. The van der Waals surface area contributed by atoms with Gasteiger partial charge in [-0.1, -0.05) is 29.5 Å². The van der Waals surface area contributed by atoms with Crippen LogP contribution in [-0.2, 0) is 20.7 Å². The fraction of sp³-hybridized carbons (Fsp3) is 0.333. The molecule has 8 heteroatoms. The lowest BCUT2D eigenvalue weighted by atomic mass is 10.3. The fourth-order valence-electron chi connectivity index (χ4n) is 1.68. The van der Waals surface area contributed by atoms with Gasteiger partial charge in [0.25, 0.3) is 0 Å². The topological polar surface area (TPSA) is 90.4 Å². The summed E-state index contributed by atoms with van der Waals surface area (Å²) in [7, 11) is 1.29. The summed E-state index contributed by atoms with van der Waals surface area (Å²) >= 11 is 1.29. The van der Waals surface area contributed by atoms with Gasteiger partial charge >= 0.3 is 5.97 Å². The summed E-state index contributed by atoms with van der Waals surface area (Å²) in [5, 5.41) is 11.7. The minimum absolute atomic E-state index is 0.0406. The normalized spacial score (nSPS) is 10.1. The second-order valence-corrected chi connectivity index (χ2v) is 5.60. The molecule has 0 aliphatic heterocycles. The Hall–Kier alpha value is -2.48. The van der Waals surface area contributed by atoms with E-state index in [9.17, 15) is 9.59 Å². The van der Waals surface area contributed by atoms with E-state index in [-0.39, 0.29) is 18.7 Å². The molecule has 1 N–H and O–H groups in total. The van der Waals surface area contributed by atoms with Crippen LogP contribution >= 0.6 is 11.3 Å². The van der Waals surface area contributed by atoms with Crippen molar-refractivity contribution in [3.63, 3.8) is 0 Å². The van der Waals surface area contributed by atoms with Gasteiger partial charge in [0.1, 0.15) is 10.8 Å². The molecule has 0 spiro atoms. The number of aromatic nitrogens is 2. The summed E-state index contributed by atoms with van der Waals surface area (Å²) in [5.74, 6) is 0.0863. The van der Waals surface area contributed by atoms with E-state index >= 15 is 0 Å². The van der Waals surface area contributed by atoms with Crippen molar-refractivity contribution >= 4 is 28.3 Å². The van der Waals surface area contributed by atoms with Crippen molar-refractivity contribution in [2.45, 2.75) is 19.3 Å². The first kappa shape index (κ1) is 16.9. The van der Waals surface area contributed by atoms with Crippen LogP contribution < -0.4 is 10.1 Å². The first-order chi connectivity index (χ1) is 11.2. The maximum atomic E-state index is 11.6. The molecule has 2 aromatic rings. The van der Waals surface area contributed by atoms with Gasteiger partial charge < -0.3 is 14.8 Å². The number of carbonyl (C=O) groups is 2. The molecule has 0 bridgehead atoms. The Labute approximate surface area is 137 Å². The van der Waals surface area contributed by atoms with Crippen LogP contribution in [0.3, 0.4) is 0 Å². The zero-order chi connectivity index (χ0) is 16.5. The third-order valence-corrected chi connectivity index (χ3v) is 3.72. The summed E-state index contributed by atoms with van der Waals surface area (Å²) in [5.41, 5.74) is 0. The van der Waals surface area contributed by atoms with E-state index in [0.717, 1.165) is 10.8 Å². The molecule has 1 heterocycles. The van der Waals surface area contributed by atoms with Crippen LogP contribution in [0.15, 0.2) is 30.3 Å². The van der Waals surface area contributed by atoms with Crippen LogP contribution in [0.25, 0.3) is 0 Å². The molecule has 0 aliphatic carbocycles. The van der Waals surface area contributed by atoms with Crippen LogP contribution in [-0.4, -0.2) is 35.8 Å². The lowest BCUT2D eigenvalue weighted by Gasteiger charge is -2.03. The SMILES string of the molecule is COC(=O)CCC(=O)Nc1nnc(CCOc2ccccc2)s1. The van der Waals surface area contributed by atoms with Crippen molar-refractivity contribution < 1.29 is 19.1 Å². The molecule has 0 atom stereocenters. The number of hydrogen-bond acceptors (Lipinski definition) is 7. The fourth-order valence-corrected chi connectivity index (χ4v) is 2.41. The largest absolute Gasteiger partial charge is 0.493 e. The van der Waals surface area contributed by atoms with Crippen LogP contribution in [0.5, 0.6) is 5.75 Å². The van der Waals surface area contributed by atoms with Crippen LogP contribution in [0.2, 0.25) is 0 Å². The average molecular weight is 335 g/mol. The first-order valence-corrected chi connectivity index (χ1v) is 7.86. The van der Waals surface area contributed by atoms with E-state index in [0.29, 0.717) is 18.2 Å². The number of esters is 1. The van der Waals surface area contributed by atoms with Crippen LogP contribution in [0.4, 0.5) is 5.13 Å². The number of nitrogens with one attached hydrogen (secondary N) is 1. The van der Waals surface area contributed by atoms with E-state index in [1.54, 1.807) is 0 Å². The van der Waals surface area contributed by atoms with Gasteiger partial charge in [0.2, 0.25) is 11.0 Å². The Morgan fingerprint density at radius 3 is 2.70 bits per heavy atom. The van der Waals surface area contributed by atoms with Gasteiger partial charge in [0.15, 0.2) is 0 Å². The predicted octanol–water partition coefficient (Wildman–Crippen LogP) is 2.05. The number of ether oxygens (including phenoxy) is 2. The molecule has 7 nitrogen and oxygen atoms in total. The van der Waals surface area contributed by atoms with E-state index in [1.807, 2.05) is 30.3 Å². The van der Waals surface area contributed by atoms with Gasteiger partial charge in [0.05, 0.1) is 20.1 Å². The Kier molecular flexibility index (Phi) is 6.49. The minimum atomic E-state index is -0.420. The van der Waals surface area contributed by atoms with Crippen molar-refractivity contribution in [2.75, 3.05) is 19.0 Å². The Morgan fingerprint density at radius 1 is 1.17 bits per heavy atom. The maximum absolute atomic E-state index is 11.6. The van der Waals surface area contributed by atoms with Gasteiger partial charge in [-0.3, -0.25) is 9.59 Å². The monoisotopic (exact) mass is 335 g/mol. The second-order valence-electron chi connectivity index (χ2n) is 4.54. The van der Waals surface area contributed by atoms with Crippen molar-refractivity contribution in [3.05, 3.63) is 35.3 Å². The van der Waals surface area contributed by atoms with Crippen molar-refractivity contribution in [3.8, 4) is 5.75 Å². The van der Waals surface area contributed by atoms with E-state index in [1.165, 1.54) is 18.4 Å². The molecule has 2 rings (SSSR count). The molecular weight excluding hydrogens is 318 g/mol. The molecule has 0 saturated heterocycles. The van der Waals surface area contributed by atoms with Gasteiger partial charge in [0, 0.05) is 12.8 Å². The van der Waals surface area contributed by atoms with E-state index in [2.05, 4.69) is 20.3 Å². The van der Waals surface area contributed by atoms with Crippen molar-refractivity contribution in [1.82, 2.24) is 10.2 Å². The van der Waals surface area contributed by atoms with Gasteiger partial charge in [-0.2, -0.15) is 0 Å². The third-order valence-electron chi connectivity index (χ3n) is 2.82. The molecule has 0 aliphatic rings. The first-order valence-electron chi connectivity index (χ1n) is 7.04. The van der Waals surface area contributed by atoms with E-state index in [4.69, 9.17) is 4.74 Å². The standard InChI is InChI=1S/C15H17N3O4S/c1-21-14(20)8-7-12(19)16-15-18-17-13(23-15)9-10-22-11-5-3-2-4-6-11/h2-6H,7-10H2,1H3,(H,16,18,19). The van der Waals surface area contributed by atoms with Gasteiger partial charge in [-0.25, -0.2) is 0 Å². The highest BCUT2D eigenvalue weighted by Crippen LogP contribution is 2.17. The summed E-state index contributed by atoms with van der Waals surface area (Å²) in [4.78, 5) is 22.6. The predicted molar refractivity (Wildman–Crippen MR) is 85.4 cm³/mol. The zero-order valence-electron chi connectivity index (χ0n) is 12.7. The van der Waals surface area contributed by atoms with E-state index < -0.39 is 5.97 Å². The molecule has 122 valence electrons. The molecule has 1 amide bonds. The minimum Gasteiger partial charge on any atom is -0.493 e. The van der Waals surface area contributed by atoms with Crippen LogP contribution in [0.1, 0.15) is 17.8 Å². The number of amides is 1. The second kappa shape index (κ2) is 8.84. The quantitative estimate of drug-likeness (QED) is 0.743. The highest BCUT2D eigenvalue weighted by molar-refractivity contribution is 7.15. The molecule has 0 unspecified atom stereocenters. The smallest absolute Gasteiger partial charge is 0.306 e. The number of hydrogen-bond donors (Lipinski definition) is 1. The van der Waals surface area contributed by atoms with Crippen LogP contribution in [0, 0.1) is 0 Å². The summed E-state index contributed by atoms with van der Waals surface area (Å²) < 4.78 is 10.1. The third kappa shape index (κ3) is 6.03. The van der Waals surface area contributed by atoms with Gasteiger partial charge in [-0.15, -0.1) is 10.2 Å². The molecule has 1 aromatic heterocycles. The Morgan fingerprint density at radius 2 is 1.96 bits per heavy atom. The average Bonchev–Trinajstić information content (AvgIpc) is 3.01. The molecule has 0 radical (unpaired) electrons. The Balaban J connectivity index is 1.72. The summed E-state index contributed by atoms with van der Waals surface area (Å²) in [6, 6.07) is 9.50. The molecular formula is C15H17N3O4S. The number of rotatable bonds is 8. The lowest BCUT2D eigenvalue weighted by molar-refractivity contribution is -0.141. The number of para-hydroxylation sites is 1. The Bertz CT molecular complexity index is 645. The highest BCUT2D eigenvalue weighted by atomic mass is 32.1. The molecule has 23 heavy (non-hydrogen) atoms. The summed E-state index contributed by atoms with van der Waals surface area (Å²) in [6.45, 7) is 0.481. The number of carbonyl (C=O) groups excluding carboxylic acids is 2. The number of methoxy groups -OCH3 is 1.